The molecule has 10 rings (SSSR count). The predicted molar refractivity (Wildman–Crippen MR) is 211 cm³/mol. The first-order chi connectivity index (χ1) is 25.3. The molecule has 0 saturated heterocycles. The van der Waals surface area contributed by atoms with Crippen LogP contribution in [0.2, 0.25) is 0 Å². The SMILES string of the molecule is c1ccc(-c2cc(-c3ccccc3)nc(-c3ccc(-c4nc5ccccc5c5ccc6c(c7ccccc7n6-c6ccccc6)c45)cc3)n2)cc1. The molecule has 10 aromatic rings. The Morgan fingerprint density at radius 2 is 0.922 bits per heavy atom. The Kier molecular flexibility index (Phi) is 6.78. The second kappa shape index (κ2) is 11.9. The standard InChI is InChI=1S/C47H30N4/c1-4-14-31(15-5-1)40-30-41(32-16-6-2-7-17-32)50-47(49-40)34-26-24-33(25-27-34)46-45-37(36-20-10-12-22-39(36)48-46)28-29-43-44(45)38-21-11-13-23-42(38)51(43)35-18-8-3-9-19-35/h1-30H. The van der Waals surface area contributed by atoms with E-state index in [-0.39, 0.29) is 0 Å². The van der Waals surface area contributed by atoms with Crippen molar-refractivity contribution in [3.8, 4) is 50.8 Å². The Labute approximate surface area is 295 Å². The van der Waals surface area contributed by atoms with Crippen molar-refractivity contribution in [2.75, 3.05) is 0 Å². The largest absolute Gasteiger partial charge is 0.309 e. The molecule has 3 heterocycles. The zero-order valence-corrected chi connectivity index (χ0v) is 27.6. The molecule has 0 amide bonds. The van der Waals surface area contributed by atoms with Gasteiger partial charge < -0.3 is 4.57 Å². The molecule has 238 valence electrons. The van der Waals surface area contributed by atoms with Crippen LogP contribution < -0.4 is 0 Å². The molecule has 0 fully saturated rings. The smallest absolute Gasteiger partial charge is 0.160 e. The van der Waals surface area contributed by atoms with E-state index >= 15 is 0 Å². The van der Waals surface area contributed by atoms with Gasteiger partial charge >= 0.3 is 0 Å². The molecule has 4 nitrogen and oxygen atoms in total. The zero-order chi connectivity index (χ0) is 33.7. The highest BCUT2D eigenvalue weighted by Gasteiger charge is 2.20. The minimum absolute atomic E-state index is 0.686. The molecule has 7 aromatic carbocycles. The molecule has 0 radical (unpaired) electrons. The Balaban J connectivity index is 1.20. The van der Waals surface area contributed by atoms with E-state index in [4.69, 9.17) is 15.0 Å². The van der Waals surface area contributed by atoms with Gasteiger partial charge in [-0.1, -0.05) is 146 Å². The predicted octanol–water partition coefficient (Wildman–Crippen LogP) is 11.9. The van der Waals surface area contributed by atoms with Crippen LogP contribution in [0, 0.1) is 0 Å². The highest BCUT2D eigenvalue weighted by molar-refractivity contribution is 6.28. The van der Waals surface area contributed by atoms with Crippen molar-refractivity contribution in [3.05, 3.63) is 182 Å². The number of benzene rings is 7. The van der Waals surface area contributed by atoms with Crippen molar-refractivity contribution in [1.82, 2.24) is 19.5 Å². The van der Waals surface area contributed by atoms with E-state index in [9.17, 15) is 0 Å². The maximum absolute atomic E-state index is 5.38. The van der Waals surface area contributed by atoms with Crippen LogP contribution in [0.5, 0.6) is 0 Å². The molecule has 0 aliphatic rings. The first kappa shape index (κ1) is 29.0. The van der Waals surface area contributed by atoms with Gasteiger partial charge in [0.2, 0.25) is 0 Å². The van der Waals surface area contributed by atoms with Crippen LogP contribution in [0.25, 0.3) is 94.3 Å². The Morgan fingerprint density at radius 3 is 1.61 bits per heavy atom. The fourth-order valence-corrected chi connectivity index (χ4v) is 7.44. The third-order valence-corrected chi connectivity index (χ3v) is 9.80. The number of nitrogens with zero attached hydrogens (tertiary/aromatic N) is 4. The molecule has 0 bridgehead atoms. The molecule has 0 atom stereocenters. The normalized spacial score (nSPS) is 11.5. The van der Waals surface area contributed by atoms with E-state index in [1.165, 1.54) is 21.7 Å². The number of hydrogen-bond acceptors (Lipinski definition) is 3. The topological polar surface area (TPSA) is 43.6 Å². The van der Waals surface area contributed by atoms with Crippen LogP contribution in [0.3, 0.4) is 0 Å². The first-order valence-corrected chi connectivity index (χ1v) is 17.2. The monoisotopic (exact) mass is 650 g/mol. The minimum atomic E-state index is 0.686. The van der Waals surface area contributed by atoms with Gasteiger partial charge in [-0.25, -0.2) is 15.0 Å². The molecule has 0 aliphatic carbocycles. The summed E-state index contributed by atoms with van der Waals surface area (Å²) in [6, 6.07) is 63.6. The van der Waals surface area contributed by atoms with Crippen molar-refractivity contribution in [3.63, 3.8) is 0 Å². The fraction of sp³-hybridized carbons (Fsp3) is 0. The van der Waals surface area contributed by atoms with Gasteiger partial charge in [0.1, 0.15) is 0 Å². The summed E-state index contributed by atoms with van der Waals surface area (Å²) in [7, 11) is 0. The number of hydrogen-bond donors (Lipinski definition) is 0. The third-order valence-electron chi connectivity index (χ3n) is 9.80. The average Bonchev–Trinajstić information content (AvgIpc) is 3.56. The van der Waals surface area contributed by atoms with E-state index in [1.807, 2.05) is 36.4 Å². The lowest BCUT2D eigenvalue weighted by atomic mass is 9.95. The summed E-state index contributed by atoms with van der Waals surface area (Å²) in [4.78, 5) is 15.5. The quantitative estimate of drug-likeness (QED) is 0.174. The summed E-state index contributed by atoms with van der Waals surface area (Å²) >= 11 is 0. The maximum atomic E-state index is 5.38. The fourth-order valence-electron chi connectivity index (χ4n) is 7.44. The lowest BCUT2D eigenvalue weighted by Crippen LogP contribution is -1.96. The summed E-state index contributed by atoms with van der Waals surface area (Å²) in [6.07, 6.45) is 0. The number of rotatable bonds is 5. The Hall–Kier alpha value is -6.91. The first-order valence-electron chi connectivity index (χ1n) is 17.2. The van der Waals surface area contributed by atoms with Gasteiger partial charge in [0, 0.05) is 49.5 Å². The van der Waals surface area contributed by atoms with Crippen molar-refractivity contribution in [2.45, 2.75) is 0 Å². The second-order valence-corrected chi connectivity index (χ2v) is 12.8. The lowest BCUT2D eigenvalue weighted by molar-refractivity contribution is 1.18. The zero-order valence-electron chi connectivity index (χ0n) is 27.6. The summed E-state index contributed by atoms with van der Waals surface area (Å²) in [5, 5.41) is 5.89. The van der Waals surface area contributed by atoms with Crippen molar-refractivity contribution in [1.29, 1.82) is 0 Å². The van der Waals surface area contributed by atoms with Crippen LogP contribution in [0.15, 0.2) is 182 Å². The van der Waals surface area contributed by atoms with Crippen LogP contribution in [-0.2, 0) is 0 Å². The van der Waals surface area contributed by atoms with Crippen LogP contribution in [0.1, 0.15) is 0 Å². The van der Waals surface area contributed by atoms with E-state index < -0.39 is 0 Å². The highest BCUT2D eigenvalue weighted by Crippen LogP contribution is 2.42. The minimum Gasteiger partial charge on any atom is -0.309 e. The third kappa shape index (κ3) is 4.88. The van der Waals surface area contributed by atoms with Gasteiger partial charge in [0.15, 0.2) is 5.82 Å². The number of para-hydroxylation sites is 3. The van der Waals surface area contributed by atoms with Gasteiger partial charge in [-0.05, 0) is 41.8 Å². The van der Waals surface area contributed by atoms with Crippen LogP contribution >= 0.6 is 0 Å². The van der Waals surface area contributed by atoms with Gasteiger partial charge in [-0.2, -0.15) is 0 Å². The van der Waals surface area contributed by atoms with Gasteiger partial charge in [-0.15, -0.1) is 0 Å². The van der Waals surface area contributed by atoms with Crippen molar-refractivity contribution < 1.29 is 0 Å². The Morgan fingerprint density at radius 1 is 0.353 bits per heavy atom. The average molecular weight is 651 g/mol. The molecule has 4 heteroatoms. The molecule has 3 aromatic heterocycles. The molecule has 51 heavy (non-hydrogen) atoms. The number of fused-ring (bicyclic) bond motifs is 7. The molecular weight excluding hydrogens is 621 g/mol. The van der Waals surface area contributed by atoms with Crippen molar-refractivity contribution in [2.24, 2.45) is 0 Å². The Bertz CT molecular complexity index is 2820. The van der Waals surface area contributed by atoms with Crippen molar-refractivity contribution >= 4 is 43.5 Å². The van der Waals surface area contributed by atoms with E-state index in [0.717, 1.165) is 66.8 Å². The van der Waals surface area contributed by atoms with Crippen LogP contribution in [0.4, 0.5) is 0 Å². The van der Waals surface area contributed by atoms with Gasteiger partial charge in [0.25, 0.3) is 0 Å². The number of aromatic nitrogens is 4. The van der Waals surface area contributed by atoms with E-state index in [0.29, 0.717) is 5.82 Å². The molecule has 0 saturated carbocycles. The summed E-state index contributed by atoms with van der Waals surface area (Å²) in [5.74, 6) is 0.686. The molecule has 0 unspecified atom stereocenters. The molecule has 0 spiro atoms. The summed E-state index contributed by atoms with van der Waals surface area (Å²) in [5.41, 5.74) is 11.3. The van der Waals surface area contributed by atoms with E-state index in [1.54, 1.807) is 0 Å². The highest BCUT2D eigenvalue weighted by atomic mass is 15.0. The molecule has 0 aliphatic heterocycles. The summed E-state index contributed by atoms with van der Waals surface area (Å²) < 4.78 is 2.37. The lowest BCUT2D eigenvalue weighted by Gasteiger charge is -2.13. The summed E-state index contributed by atoms with van der Waals surface area (Å²) in [6.45, 7) is 0. The van der Waals surface area contributed by atoms with Crippen LogP contribution in [-0.4, -0.2) is 19.5 Å². The van der Waals surface area contributed by atoms with Gasteiger partial charge in [-0.3, -0.25) is 0 Å². The van der Waals surface area contributed by atoms with E-state index in [2.05, 4.69) is 150 Å². The molecule has 0 N–H and O–H groups in total. The van der Waals surface area contributed by atoms with Gasteiger partial charge in [0.05, 0.1) is 33.6 Å². The molecular formula is C47H30N4. The number of pyridine rings is 1. The maximum Gasteiger partial charge on any atom is 0.160 e. The second-order valence-electron chi connectivity index (χ2n) is 12.8.